The number of anilines is 1. The van der Waals surface area contributed by atoms with Crippen LogP contribution in [0.2, 0.25) is 0 Å². The van der Waals surface area contributed by atoms with Gasteiger partial charge in [0, 0.05) is 30.2 Å². The number of ether oxygens (including phenoxy) is 1. The van der Waals surface area contributed by atoms with E-state index in [4.69, 9.17) is 10.5 Å². The number of nitrogens with two attached hydrogens (primary N) is 1. The molecule has 3 heterocycles. The average molecular weight is 424 g/mol. The second-order valence-corrected chi connectivity index (χ2v) is 8.48. The van der Waals surface area contributed by atoms with Crippen molar-refractivity contribution in [1.29, 1.82) is 0 Å². The van der Waals surface area contributed by atoms with Gasteiger partial charge in [-0.2, -0.15) is 0 Å². The molecule has 0 spiro atoms. The summed E-state index contributed by atoms with van der Waals surface area (Å²) in [6, 6.07) is 12.2. The van der Waals surface area contributed by atoms with E-state index in [-0.39, 0.29) is 0 Å². The lowest BCUT2D eigenvalue weighted by Gasteiger charge is -2.33. The first-order chi connectivity index (χ1) is 14.5. The summed E-state index contributed by atoms with van der Waals surface area (Å²) < 4.78 is 5.52. The third kappa shape index (κ3) is 4.67. The third-order valence-electron chi connectivity index (χ3n) is 5.13. The molecule has 1 aliphatic rings. The summed E-state index contributed by atoms with van der Waals surface area (Å²) in [5.74, 6) is 0.675. The van der Waals surface area contributed by atoms with Gasteiger partial charge in [0.2, 0.25) is 0 Å². The van der Waals surface area contributed by atoms with Crippen molar-refractivity contribution in [3.05, 3.63) is 54.0 Å². The maximum atomic E-state index is 11.5. The summed E-state index contributed by atoms with van der Waals surface area (Å²) in [5.41, 5.74) is 9.16. The van der Waals surface area contributed by atoms with Crippen LogP contribution in [0.1, 0.15) is 18.3 Å². The first-order valence-corrected chi connectivity index (χ1v) is 10.7. The highest BCUT2D eigenvalue weighted by Gasteiger charge is 2.19. The zero-order valence-corrected chi connectivity index (χ0v) is 17.9. The molecule has 1 aliphatic heterocycles. The number of hydrogen-bond acceptors (Lipinski definition) is 6. The minimum atomic E-state index is -0.596. The Balaban J connectivity index is 1.59. The van der Waals surface area contributed by atoms with E-state index in [0.29, 0.717) is 17.6 Å². The highest BCUT2D eigenvalue weighted by Crippen LogP contribution is 2.40. The standard InChI is InChI=1S/C22H25N5O2S/c1-14-13-29-10-9-27(14)12-16-3-5-17(6-4-16)20-11-19(26-22(23)28)21(30-20)18-7-8-24-15(2)25-18/h3-8,11,14H,9-10,12-13H2,1-2H3,(H3,23,26,28)/t14-/m1/s1. The van der Waals surface area contributed by atoms with E-state index in [1.165, 1.54) is 5.56 Å². The molecule has 0 bridgehead atoms. The summed E-state index contributed by atoms with van der Waals surface area (Å²) >= 11 is 1.57. The van der Waals surface area contributed by atoms with Crippen molar-refractivity contribution in [2.75, 3.05) is 25.1 Å². The predicted molar refractivity (Wildman–Crippen MR) is 119 cm³/mol. The fourth-order valence-corrected chi connectivity index (χ4v) is 4.63. The minimum absolute atomic E-state index is 0.428. The largest absolute Gasteiger partial charge is 0.379 e. The predicted octanol–water partition coefficient (Wildman–Crippen LogP) is 3.89. The van der Waals surface area contributed by atoms with Crippen molar-refractivity contribution in [3.8, 4) is 21.0 Å². The number of urea groups is 1. The molecule has 1 atom stereocenters. The van der Waals surface area contributed by atoms with E-state index in [0.717, 1.165) is 47.3 Å². The highest BCUT2D eigenvalue weighted by atomic mass is 32.1. The molecular weight excluding hydrogens is 398 g/mol. The van der Waals surface area contributed by atoms with Gasteiger partial charge in [0.25, 0.3) is 0 Å². The van der Waals surface area contributed by atoms with Crippen molar-refractivity contribution in [3.63, 3.8) is 0 Å². The van der Waals surface area contributed by atoms with Gasteiger partial charge in [0.1, 0.15) is 5.82 Å². The first-order valence-electron chi connectivity index (χ1n) is 9.91. The van der Waals surface area contributed by atoms with E-state index < -0.39 is 6.03 Å². The van der Waals surface area contributed by atoms with Crippen LogP contribution in [0, 0.1) is 6.92 Å². The van der Waals surface area contributed by atoms with Gasteiger partial charge in [0.05, 0.1) is 29.5 Å². The second kappa shape index (κ2) is 8.91. The molecule has 2 amide bonds. The van der Waals surface area contributed by atoms with E-state index in [1.807, 2.05) is 19.1 Å². The lowest BCUT2D eigenvalue weighted by atomic mass is 10.1. The maximum absolute atomic E-state index is 11.5. The Morgan fingerprint density at radius 1 is 1.33 bits per heavy atom. The normalized spacial score (nSPS) is 17.1. The molecule has 0 radical (unpaired) electrons. The number of carbonyl (C=O) groups excluding carboxylic acids is 1. The molecule has 0 unspecified atom stereocenters. The average Bonchev–Trinajstić information content (AvgIpc) is 3.13. The molecule has 7 nitrogen and oxygen atoms in total. The van der Waals surface area contributed by atoms with Gasteiger partial charge >= 0.3 is 6.03 Å². The second-order valence-electron chi connectivity index (χ2n) is 7.42. The lowest BCUT2D eigenvalue weighted by Crippen LogP contribution is -2.42. The Morgan fingerprint density at radius 2 is 2.13 bits per heavy atom. The fraction of sp³-hybridized carbons (Fsp3) is 0.318. The summed E-state index contributed by atoms with van der Waals surface area (Å²) in [4.78, 5) is 24.5. The van der Waals surface area contributed by atoms with Crippen molar-refractivity contribution < 1.29 is 9.53 Å². The number of rotatable bonds is 5. The number of amides is 2. The number of aromatic nitrogens is 2. The highest BCUT2D eigenvalue weighted by molar-refractivity contribution is 7.19. The number of benzene rings is 1. The van der Waals surface area contributed by atoms with Crippen LogP contribution in [-0.4, -0.2) is 46.7 Å². The molecule has 2 aromatic heterocycles. The van der Waals surface area contributed by atoms with Crippen LogP contribution in [0.15, 0.2) is 42.6 Å². The Morgan fingerprint density at radius 3 is 2.83 bits per heavy atom. The van der Waals surface area contributed by atoms with Gasteiger partial charge in [-0.1, -0.05) is 24.3 Å². The quantitative estimate of drug-likeness (QED) is 0.649. The Kier molecular flexibility index (Phi) is 6.08. The zero-order chi connectivity index (χ0) is 21.1. The van der Waals surface area contributed by atoms with E-state index in [9.17, 15) is 4.79 Å². The van der Waals surface area contributed by atoms with Crippen LogP contribution in [0.5, 0.6) is 0 Å². The number of thiophene rings is 1. The molecule has 4 rings (SSSR count). The summed E-state index contributed by atoms with van der Waals surface area (Å²) in [6.45, 7) is 7.48. The Labute approximate surface area is 179 Å². The lowest BCUT2D eigenvalue weighted by molar-refractivity contribution is -0.00436. The molecule has 3 N–H and O–H groups in total. The van der Waals surface area contributed by atoms with Crippen LogP contribution >= 0.6 is 11.3 Å². The van der Waals surface area contributed by atoms with Crippen LogP contribution in [0.25, 0.3) is 21.0 Å². The van der Waals surface area contributed by atoms with Crippen LogP contribution in [-0.2, 0) is 11.3 Å². The van der Waals surface area contributed by atoms with Crippen LogP contribution < -0.4 is 11.1 Å². The fourth-order valence-electron chi connectivity index (χ4n) is 3.54. The molecule has 0 aliphatic carbocycles. The van der Waals surface area contributed by atoms with Gasteiger partial charge in [-0.15, -0.1) is 11.3 Å². The number of hydrogen-bond donors (Lipinski definition) is 2. The Hall–Kier alpha value is -2.81. The smallest absolute Gasteiger partial charge is 0.316 e. The molecule has 1 aromatic carbocycles. The molecular formula is C22H25N5O2S. The third-order valence-corrected chi connectivity index (χ3v) is 6.33. The molecule has 156 valence electrons. The van der Waals surface area contributed by atoms with E-state index in [2.05, 4.69) is 51.4 Å². The zero-order valence-electron chi connectivity index (χ0n) is 17.1. The maximum Gasteiger partial charge on any atom is 0.316 e. The number of primary amides is 1. The van der Waals surface area contributed by atoms with Crippen molar-refractivity contribution in [1.82, 2.24) is 14.9 Å². The number of aryl methyl sites for hydroxylation is 1. The van der Waals surface area contributed by atoms with E-state index in [1.54, 1.807) is 17.5 Å². The Bertz CT molecular complexity index is 1030. The minimum Gasteiger partial charge on any atom is -0.379 e. The van der Waals surface area contributed by atoms with Crippen molar-refractivity contribution >= 4 is 23.1 Å². The van der Waals surface area contributed by atoms with Gasteiger partial charge in [-0.25, -0.2) is 14.8 Å². The molecule has 30 heavy (non-hydrogen) atoms. The molecule has 3 aromatic rings. The van der Waals surface area contributed by atoms with Gasteiger partial charge in [-0.3, -0.25) is 4.90 Å². The van der Waals surface area contributed by atoms with Gasteiger partial charge < -0.3 is 15.8 Å². The van der Waals surface area contributed by atoms with Gasteiger partial charge in [0.15, 0.2) is 0 Å². The molecule has 1 fully saturated rings. The number of nitrogens with one attached hydrogen (secondary N) is 1. The van der Waals surface area contributed by atoms with Crippen molar-refractivity contribution in [2.45, 2.75) is 26.4 Å². The molecule has 1 saturated heterocycles. The van der Waals surface area contributed by atoms with Crippen LogP contribution in [0.3, 0.4) is 0 Å². The molecule has 8 heteroatoms. The number of morpholine rings is 1. The van der Waals surface area contributed by atoms with Gasteiger partial charge in [-0.05, 0) is 37.1 Å². The number of nitrogens with zero attached hydrogens (tertiary/aromatic N) is 3. The molecule has 0 saturated carbocycles. The topological polar surface area (TPSA) is 93.4 Å². The summed E-state index contributed by atoms with van der Waals surface area (Å²) in [6.07, 6.45) is 1.71. The number of carbonyl (C=O) groups is 1. The summed E-state index contributed by atoms with van der Waals surface area (Å²) in [5, 5.41) is 2.72. The SMILES string of the molecule is Cc1nccc(-c2sc(-c3ccc(CN4CCOC[C@H]4C)cc3)cc2NC(N)=O)n1. The van der Waals surface area contributed by atoms with Crippen molar-refractivity contribution in [2.24, 2.45) is 5.73 Å². The first kappa shape index (κ1) is 20.5. The van der Waals surface area contributed by atoms with E-state index >= 15 is 0 Å². The van der Waals surface area contributed by atoms with Crippen LogP contribution in [0.4, 0.5) is 10.5 Å². The monoisotopic (exact) mass is 423 g/mol. The summed E-state index contributed by atoms with van der Waals surface area (Å²) in [7, 11) is 0.